The molecule has 0 radical (unpaired) electrons. The fourth-order valence-electron chi connectivity index (χ4n) is 2.74. The van der Waals surface area contributed by atoms with E-state index in [0.29, 0.717) is 11.3 Å². The molecule has 0 spiro atoms. The maximum atomic E-state index is 10.2. The fraction of sp³-hybridized carbons (Fsp3) is 0.227. The number of fused-ring (bicyclic) bond motifs is 1. The highest BCUT2D eigenvalue weighted by Crippen LogP contribution is 2.42. The van der Waals surface area contributed by atoms with Crippen molar-refractivity contribution in [3.8, 4) is 17.2 Å². The summed E-state index contributed by atoms with van der Waals surface area (Å²) in [4.78, 5) is 11.4. The Morgan fingerprint density at radius 2 is 1.97 bits per heavy atom. The van der Waals surface area contributed by atoms with Gasteiger partial charge in [-0.25, -0.2) is 4.79 Å². The number of hydrogen-bond donors (Lipinski definition) is 2. The number of carboxylic acids is 1. The van der Waals surface area contributed by atoms with Gasteiger partial charge in [0.1, 0.15) is 6.10 Å². The van der Waals surface area contributed by atoms with Crippen molar-refractivity contribution in [1.29, 1.82) is 0 Å². The lowest BCUT2D eigenvalue weighted by atomic mass is 10.2. The van der Waals surface area contributed by atoms with Gasteiger partial charge >= 0.3 is 5.97 Å². The van der Waals surface area contributed by atoms with Crippen LogP contribution in [0.15, 0.2) is 66.0 Å². The van der Waals surface area contributed by atoms with Gasteiger partial charge in [-0.15, -0.1) is 11.3 Å². The van der Waals surface area contributed by atoms with Crippen molar-refractivity contribution in [1.82, 2.24) is 5.32 Å². The molecule has 0 amide bonds. The van der Waals surface area contributed by atoms with E-state index < -0.39 is 5.97 Å². The largest absolute Gasteiger partial charge is 0.481 e. The molecule has 0 unspecified atom stereocenters. The number of para-hydroxylation sites is 1. The minimum atomic E-state index is -0.879. The first-order valence-electron chi connectivity index (χ1n) is 9.20. The SMILES string of the molecule is CNCC[C@@H](Oc1cccc2c1OCO2)c1cccs1.O=C(O)c1ccccc1. The van der Waals surface area contributed by atoms with Crippen LogP contribution in [0.2, 0.25) is 0 Å². The van der Waals surface area contributed by atoms with Crippen LogP contribution in [0.1, 0.15) is 27.8 Å². The third-order valence-corrected chi connectivity index (χ3v) is 5.13. The quantitative estimate of drug-likeness (QED) is 0.590. The Morgan fingerprint density at radius 1 is 1.14 bits per heavy atom. The first-order valence-corrected chi connectivity index (χ1v) is 10.1. The fourth-order valence-corrected chi connectivity index (χ4v) is 3.53. The average Bonchev–Trinajstić information content (AvgIpc) is 3.44. The number of hydrogen-bond acceptors (Lipinski definition) is 6. The summed E-state index contributed by atoms with van der Waals surface area (Å²) in [5, 5.41) is 13.6. The van der Waals surface area contributed by atoms with E-state index in [1.807, 2.05) is 31.3 Å². The van der Waals surface area contributed by atoms with E-state index in [1.165, 1.54) is 4.88 Å². The third-order valence-electron chi connectivity index (χ3n) is 4.17. The van der Waals surface area contributed by atoms with Crippen LogP contribution in [0.4, 0.5) is 0 Å². The van der Waals surface area contributed by atoms with Crippen molar-refractivity contribution in [3.63, 3.8) is 0 Å². The van der Waals surface area contributed by atoms with Crippen LogP contribution in [0.5, 0.6) is 17.2 Å². The molecule has 6 nitrogen and oxygen atoms in total. The minimum Gasteiger partial charge on any atom is -0.481 e. The maximum Gasteiger partial charge on any atom is 0.335 e. The van der Waals surface area contributed by atoms with E-state index in [0.717, 1.165) is 24.5 Å². The van der Waals surface area contributed by atoms with E-state index in [4.69, 9.17) is 19.3 Å². The van der Waals surface area contributed by atoms with Crippen LogP contribution in [-0.2, 0) is 0 Å². The molecular weight excluding hydrogens is 390 g/mol. The zero-order valence-corrected chi connectivity index (χ0v) is 16.9. The first kappa shape index (κ1) is 20.7. The van der Waals surface area contributed by atoms with Crippen LogP contribution < -0.4 is 19.5 Å². The first-order chi connectivity index (χ1) is 14.2. The van der Waals surface area contributed by atoms with Crippen LogP contribution in [0, 0.1) is 0 Å². The molecule has 4 rings (SSSR count). The van der Waals surface area contributed by atoms with Crippen molar-refractivity contribution >= 4 is 17.3 Å². The average molecular weight is 413 g/mol. The van der Waals surface area contributed by atoms with Crippen molar-refractivity contribution < 1.29 is 24.1 Å². The Balaban J connectivity index is 0.000000224. The third kappa shape index (κ3) is 5.73. The number of nitrogens with one attached hydrogen (secondary N) is 1. The summed E-state index contributed by atoms with van der Waals surface area (Å²) in [6.45, 7) is 1.16. The molecule has 1 atom stereocenters. The number of carboxylic acid groups (broad SMARTS) is 1. The molecule has 3 aromatic rings. The molecule has 0 aliphatic carbocycles. The second-order valence-corrected chi connectivity index (χ2v) is 7.15. The molecule has 152 valence electrons. The van der Waals surface area contributed by atoms with Crippen LogP contribution in [0.25, 0.3) is 0 Å². The number of thiophene rings is 1. The van der Waals surface area contributed by atoms with Gasteiger partial charge in [0.2, 0.25) is 12.5 Å². The Bertz CT molecular complexity index is 899. The van der Waals surface area contributed by atoms with Crippen molar-refractivity contribution in [2.24, 2.45) is 0 Å². The van der Waals surface area contributed by atoms with Gasteiger partial charge in [0.05, 0.1) is 5.56 Å². The van der Waals surface area contributed by atoms with Crippen LogP contribution >= 0.6 is 11.3 Å². The molecule has 29 heavy (non-hydrogen) atoms. The summed E-state index contributed by atoms with van der Waals surface area (Å²) in [5.41, 5.74) is 0.331. The summed E-state index contributed by atoms with van der Waals surface area (Å²) in [7, 11) is 1.95. The molecule has 2 aromatic carbocycles. The molecule has 1 aliphatic rings. The molecule has 0 fully saturated rings. The Morgan fingerprint density at radius 3 is 2.62 bits per heavy atom. The summed E-state index contributed by atoms with van der Waals surface area (Å²) in [6.07, 6.45) is 0.930. The van der Waals surface area contributed by atoms with E-state index in [1.54, 1.807) is 41.7 Å². The molecule has 2 N–H and O–H groups in total. The highest BCUT2D eigenvalue weighted by atomic mass is 32.1. The van der Waals surface area contributed by atoms with Gasteiger partial charge in [0.25, 0.3) is 0 Å². The van der Waals surface area contributed by atoms with Gasteiger partial charge < -0.3 is 24.6 Å². The smallest absolute Gasteiger partial charge is 0.335 e. The van der Waals surface area contributed by atoms with E-state index >= 15 is 0 Å². The topological polar surface area (TPSA) is 77.0 Å². The molecule has 0 bridgehead atoms. The zero-order valence-electron chi connectivity index (χ0n) is 16.0. The van der Waals surface area contributed by atoms with Crippen LogP contribution in [0.3, 0.4) is 0 Å². The standard InChI is InChI=1S/C15H17NO3S.C7H6O2/c1-16-8-7-11(14-6-3-9-20-14)19-13-5-2-4-12-15(13)18-10-17-12;8-7(9)6-4-2-1-3-5-6/h2-6,9,11,16H,7-8,10H2,1H3;1-5H,(H,8,9)/t11-;/m1./s1. The number of ether oxygens (including phenoxy) is 3. The van der Waals surface area contributed by atoms with Crippen molar-refractivity contribution in [2.45, 2.75) is 12.5 Å². The Kier molecular flexibility index (Phi) is 7.49. The van der Waals surface area contributed by atoms with Crippen molar-refractivity contribution in [3.05, 3.63) is 76.5 Å². The molecule has 0 saturated heterocycles. The molecular formula is C22H23NO5S. The Hall–Kier alpha value is -3.03. The molecule has 0 saturated carbocycles. The van der Waals surface area contributed by atoms with Crippen LogP contribution in [-0.4, -0.2) is 31.5 Å². The van der Waals surface area contributed by atoms with Gasteiger partial charge in [-0.05, 0) is 49.3 Å². The lowest BCUT2D eigenvalue weighted by Crippen LogP contribution is -2.15. The van der Waals surface area contributed by atoms with Gasteiger partial charge in [0, 0.05) is 11.3 Å². The lowest BCUT2D eigenvalue weighted by molar-refractivity contribution is 0.0697. The molecule has 2 heterocycles. The molecule has 1 aromatic heterocycles. The predicted octanol–water partition coefficient (Wildman–Crippen LogP) is 4.59. The number of carbonyl (C=O) groups is 1. The van der Waals surface area contributed by atoms with Gasteiger partial charge in [0.15, 0.2) is 11.5 Å². The number of rotatable bonds is 7. The number of benzene rings is 2. The normalized spacial score (nSPS) is 12.6. The van der Waals surface area contributed by atoms with Crippen molar-refractivity contribution in [2.75, 3.05) is 20.4 Å². The summed E-state index contributed by atoms with van der Waals surface area (Å²) in [6, 6.07) is 18.2. The Labute approximate surface area is 173 Å². The highest BCUT2D eigenvalue weighted by molar-refractivity contribution is 7.10. The monoisotopic (exact) mass is 413 g/mol. The second kappa shape index (κ2) is 10.5. The van der Waals surface area contributed by atoms with E-state index in [9.17, 15) is 4.79 Å². The summed E-state index contributed by atoms with van der Waals surface area (Å²) >= 11 is 1.71. The second-order valence-electron chi connectivity index (χ2n) is 6.18. The van der Waals surface area contributed by atoms with Gasteiger partial charge in [-0.1, -0.05) is 30.3 Å². The van der Waals surface area contributed by atoms with Gasteiger partial charge in [-0.2, -0.15) is 0 Å². The lowest BCUT2D eigenvalue weighted by Gasteiger charge is -2.18. The molecule has 1 aliphatic heterocycles. The van der Waals surface area contributed by atoms with Gasteiger partial charge in [-0.3, -0.25) is 0 Å². The predicted molar refractivity (Wildman–Crippen MR) is 112 cm³/mol. The van der Waals surface area contributed by atoms with E-state index in [2.05, 4.69) is 16.8 Å². The summed E-state index contributed by atoms with van der Waals surface area (Å²) < 4.78 is 17.0. The minimum absolute atomic E-state index is 0.0261. The molecule has 7 heteroatoms. The highest BCUT2D eigenvalue weighted by Gasteiger charge is 2.22. The summed E-state index contributed by atoms with van der Waals surface area (Å²) in [5.74, 6) is 1.32. The maximum absolute atomic E-state index is 10.2. The number of aromatic carboxylic acids is 1. The van der Waals surface area contributed by atoms with E-state index in [-0.39, 0.29) is 12.9 Å². The zero-order chi connectivity index (χ0) is 20.5.